The molecule has 0 fully saturated rings. The molecule has 1 aromatic rings. The Morgan fingerprint density at radius 3 is 2.27 bits per heavy atom. The molecule has 1 aromatic carbocycles. The Kier molecular flexibility index (Phi) is 3.00. The third-order valence-corrected chi connectivity index (χ3v) is 2.64. The number of benzene rings is 1. The van der Waals surface area contributed by atoms with Gasteiger partial charge in [0.25, 0.3) is 0 Å². The van der Waals surface area contributed by atoms with Gasteiger partial charge < -0.3 is 15.3 Å². The first-order chi connectivity index (χ1) is 6.86. The standard InChI is InChI=1S/C11H14O4/c1-5-4-8(12)6(2)7(3)9(5)10(13)11(14)15/h4,10,12-13H,1-3H3,(H,14,15). The van der Waals surface area contributed by atoms with Gasteiger partial charge in [0.1, 0.15) is 5.75 Å². The Morgan fingerprint density at radius 1 is 1.27 bits per heavy atom. The van der Waals surface area contributed by atoms with E-state index in [1.165, 1.54) is 6.07 Å². The smallest absolute Gasteiger partial charge is 0.337 e. The van der Waals surface area contributed by atoms with E-state index in [1.54, 1.807) is 20.8 Å². The summed E-state index contributed by atoms with van der Waals surface area (Å²) in [6.45, 7) is 5.03. The van der Waals surface area contributed by atoms with Gasteiger partial charge in [0.15, 0.2) is 6.10 Å². The zero-order chi connectivity index (χ0) is 11.7. The SMILES string of the molecule is Cc1cc(O)c(C)c(C)c1C(O)C(=O)O. The van der Waals surface area contributed by atoms with Crippen LogP contribution < -0.4 is 0 Å². The van der Waals surface area contributed by atoms with E-state index < -0.39 is 12.1 Å². The lowest BCUT2D eigenvalue weighted by Gasteiger charge is -2.16. The summed E-state index contributed by atoms with van der Waals surface area (Å²) in [6.07, 6.45) is -1.54. The summed E-state index contributed by atoms with van der Waals surface area (Å²) >= 11 is 0. The Labute approximate surface area is 87.8 Å². The summed E-state index contributed by atoms with van der Waals surface area (Å²) in [5.41, 5.74) is 2.14. The highest BCUT2D eigenvalue weighted by molar-refractivity contribution is 5.75. The topological polar surface area (TPSA) is 77.8 Å². The van der Waals surface area contributed by atoms with E-state index in [0.717, 1.165) is 0 Å². The third kappa shape index (κ3) is 1.94. The van der Waals surface area contributed by atoms with Crippen LogP contribution in [0.5, 0.6) is 5.75 Å². The molecule has 4 heteroatoms. The van der Waals surface area contributed by atoms with Crippen molar-refractivity contribution >= 4 is 5.97 Å². The number of aliphatic carboxylic acids is 1. The van der Waals surface area contributed by atoms with Crippen molar-refractivity contribution < 1.29 is 20.1 Å². The van der Waals surface area contributed by atoms with Crippen molar-refractivity contribution in [3.8, 4) is 5.75 Å². The first kappa shape index (κ1) is 11.5. The molecule has 82 valence electrons. The lowest BCUT2D eigenvalue weighted by Crippen LogP contribution is -2.14. The molecule has 0 saturated carbocycles. The van der Waals surface area contributed by atoms with Crippen LogP contribution >= 0.6 is 0 Å². The Hall–Kier alpha value is -1.55. The molecule has 1 unspecified atom stereocenters. The largest absolute Gasteiger partial charge is 0.508 e. The van der Waals surface area contributed by atoms with Crippen LogP contribution in [0.4, 0.5) is 0 Å². The summed E-state index contributed by atoms with van der Waals surface area (Å²) in [5.74, 6) is -1.17. The second-order valence-corrected chi connectivity index (χ2v) is 3.62. The van der Waals surface area contributed by atoms with Gasteiger partial charge in [0, 0.05) is 0 Å². The zero-order valence-corrected chi connectivity index (χ0v) is 8.90. The van der Waals surface area contributed by atoms with E-state index in [4.69, 9.17) is 5.11 Å². The van der Waals surface area contributed by atoms with Crippen LogP contribution in [0.3, 0.4) is 0 Å². The molecule has 1 rings (SSSR count). The Morgan fingerprint density at radius 2 is 1.80 bits per heavy atom. The first-order valence-electron chi connectivity index (χ1n) is 4.56. The highest BCUT2D eigenvalue weighted by Crippen LogP contribution is 2.30. The van der Waals surface area contributed by atoms with Crippen molar-refractivity contribution in [2.45, 2.75) is 26.9 Å². The summed E-state index contributed by atoms with van der Waals surface area (Å²) < 4.78 is 0. The molecule has 3 N–H and O–H groups in total. The molecular weight excluding hydrogens is 196 g/mol. The predicted octanol–water partition coefficient (Wildman–Crippen LogP) is 1.44. The number of carboxylic acids is 1. The van der Waals surface area contributed by atoms with E-state index in [-0.39, 0.29) is 5.75 Å². The molecular formula is C11H14O4. The minimum atomic E-state index is -1.54. The van der Waals surface area contributed by atoms with Crippen LogP contribution in [-0.2, 0) is 4.79 Å². The van der Waals surface area contributed by atoms with E-state index in [1.807, 2.05) is 0 Å². The minimum absolute atomic E-state index is 0.117. The quantitative estimate of drug-likeness (QED) is 0.690. The summed E-state index contributed by atoms with van der Waals surface area (Å²) in [6, 6.07) is 1.46. The number of hydrogen-bond acceptors (Lipinski definition) is 3. The van der Waals surface area contributed by atoms with Gasteiger partial charge in [0.2, 0.25) is 0 Å². The van der Waals surface area contributed by atoms with Gasteiger partial charge >= 0.3 is 5.97 Å². The van der Waals surface area contributed by atoms with Crippen LogP contribution in [0.2, 0.25) is 0 Å². The molecule has 0 radical (unpaired) electrons. The second kappa shape index (κ2) is 3.90. The Bertz CT molecular complexity index is 410. The van der Waals surface area contributed by atoms with Crippen molar-refractivity contribution in [1.82, 2.24) is 0 Å². The number of aliphatic hydroxyl groups is 1. The van der Waals surface area contributed by atoms with E-state index in [2.05, 4.69) is 0 Å². The molecule has 0 saturated heterocycles. The van der Waals surface area contributed by atoms with Gasteiger partial charge in [-0.05, 0) is 49.1 Å². The maximum atomic E-state index is 10.7. The predicted molar refractivity (Wildman–Crippen MR) is 54.9 cm³/mol. The lowest BCUT2D eigenvalue weighted by molar-refractivity contribution is -0.147. The highest BCUT2D eigenvalue weighted by Gasteiger charge is 2.22. The molecule has 1 atom stereocenters. The molecule has 0 spiro atoms. The summed E-state index contributed by atoms with van der Waals surface area (Å²) in [5, 5.41) is 27.7. The van der Waals surface area contributed by atoms with Gasteiger partial charge in [0.05, 0.1) is 0 Å². The van der Waals surface area contributed by atoms with Gasteiger partial charge in [-0.25, -0.2) is 4.79 Å². The number of phenolic OH excluding ortho intramolecular Hbond substituents is 1. The summed E-state index contributed by atoms with van der Waals surface area (Å²) in [7, 11) is 0. The average Bonchev–Trinajstić information content (AvgIpc) is 2.14. The molecule has 0 aromatic heterocycles. The lowest BCUT2D eigenvalue weighted by atomic mass is 9.93. The first-order valence-corrected chi connectivity index (χ1v) is 4.56. The number of aliphatic hydroxyl groups excluding tert-OH is 1. The second-order valence-electron chi connectivity index (χ2n) is 3.62. The zero-order valence-electron chi connectivity index (χ0n) is 8.90. The van der Waals surface area contributed by atoms with Crippen molar-refractivity contribution in [3.05, 3.63) is 28.3 Å². The number of hydrogen-bond donors (Lipinski definition) is 3. The normalized spacial score (nSPS) is 12.5. The fraction of sp³-hybridized carbons (Fsp3) is 0.364. The van der Waals surface area contributed by atoms with E-state index in [0.29, 0.717) is 22.3 Å². The van der Waals surface area contributed by atoms with Crippen LogP contribution in [0, 0.1) is 20.8 Å². The van der Waals surface area contributed by atoms with Crippen LogP contribution in [0.25, 0.3) is 0 Å². The third-order valence-electron chi connectivity index (χ3n) is 2.64. The molecule has 0 aliphatic rings. The van der Waals surface area contributed by atoms with Crippen molar-refractivity contribution in [2.24, 2.45) is 0 Å². The number of carbonyl (C=O) groups is 1. The van der Waals surface area contributed by atoms with Crippen LogP contribution in [0.15, 0.2) is 6.07 Å². The van der Waals surface area contributed by atoms with Gasteiger partial charge in [-0.3, -0.25) is 0 Å². The Balaban J connectivity index is 3.42. The molecule has 0 aliphatic carbocycles. The number of rotatable bonds is 2. The maximum Gasteiger partial charge on any atom is 0.337 e. The fourth-order valence-electron chi connectivity index (χ4n) is 1.63. The average molecular weight is 210 g/mol. The van der Waals surface area contributed by atoms with E-state index >= 15 is 0 Å². The van der Waals surface area contributed by atoms with Crippen LogP contribution in [-0.4, -0.2) is 21.3 Å². The summed E-state index contributed by atoms with van der Waals surface area (Å²) in [4.78, 5) is 10.7. The van der Waals surface area contributed by atoms with Gasteiger partial charge in [-0.1, -0.05) is 0 Å². The minimum Gasteiger partial charge on any atom is -0.508 e. The molecule has 15 heavy (non-hydrogen) atoms. The van der Waals surface area contributed by atoms with E-state index in [9.17, 15) is 15.0 Å². The fourth-order valence-corrected chi connectivity index (χ4v) is 1.63. The molecule has 0 bridgehead atoms. The number of phenols is 1. The molecule has 0 aliphatic heterocycles. The molecule has 0 heterocycles. The van der Waals surface area contributed by atoms with Crippen molar-refractivity contribution in [3.63, 3.8) is 0 Å². The number of aromatic hydroxyl groups is 1. The monoisotopic (exact) mass is 210 g/mol. The number of carboxylic acid groups (broad SMARTS) is 1. The van der Waals surface area contributed by atoms with Gasteiger partial charge in [-0.15, -0.1) is 0 Å². The highest BCUT2D eigenvalue weighted by atomic mass is 16.4. The molecule has 0 amide bonds. The molecule has 4 nitrogen and oxygen atoms in total. The van der Waals surface area contributed by atoms with Crippen molar-refractivity contribution in [1.29, 1.82) is 0 Å². The van der Waals surface area contributed by atoms with Crippen LogP contribution in [0.1, 0.15) is 28.4 Å². The van der Waals surface area contributed by atoms with Crippen molar-refractivity contribution in [2.75, 3.05) is 0 Å². The van der Waals surface area contributed by atoms with Gasteiger partial charge in [-0.2, -0.15) is 0 Å². The number of aryl methyl sites for hydroxylation is 1. The maximum absolute atomic E-state index is 10.7.